The fourth-order valence-corrected chi connectivity index (χ4v) is 4.10. The van der Waals surface area contributed by atoms with E-state index in [4.69, 9.17) is 4.74 Å². The molecule has 1 aliphatic rings. The first-order valence-corrected chi connectivity index (χ1v) is 7.61. The predicted octanol–water partition coefficient (Wildman–Crippen LogP) is 1.58. The molecule has 1 saturated heterocycles. The van der Waals surface area contributed by atoms with Crippen LogP contribution in [0.5, 0.6) is 0 Å². The van der Waals surface area contributed by atoms with Crippen molar-refractivity contribution in [1.82, 2.24) is 4.31 Å². The standard InChI is InChI=1S/C12H16N2O5S/c1-9-6-11(14(15)16)7-10(2)12(9)20(17,18)13-4-3-5-19-8-13/h6-7H,3-5,8H2,1-2H3. The Bertz CT molecular complexity index is 612. The number of aryl methyl sites for hydroxylation is 2. The molecule has 7 nitrogen and oxygen atoms in total. The zero-order chi connectivity index (χ0) is 14.9. The van der Waals surface area contributed by atoms with Gasteiger partial charge in [-0.25, -0.2) is 8.42 Å². The van der Waals surface area contributed by atoms with E-state index < -0.39 is 14.9 Å². The number of sulfonamides is 1. The molecule has 0 amide bonds. The quantitative estimate of drug-likeness (QED) is 0.624. The molecule has 110 valence electrons. The van der Waals surface area contributed by atoms with Crippen LogP contribution in [0.2, 0.25) is 0 Å². The number of non-ortho nitro benzene ring substituents is 1. The zero-order valence-electron chi connectivity index (χ0n) is 11.3. The largest absolute Gasteiger partial charge is 0.365 e. The van der Waals surface area contributed by atoms with Crippen LogP contribution >= 0.6 is 0 Å². The number of rotatable bonds is 3. The molecular weight excluding hydrogens is 284 g/mol. The first-order chi connectivity index (χ1) is 9.34. The Morgan fingerprint density at radius 2 is 1.90 bits per heavy atom. The summed E-state index contributed by atoms with van der Waals surface area (Å²) in [5.41, 5.74) is 0.651. The van der Waals surface area contributed by atoms with Gasteiger partial charge in [-0.2, -0.15) is 4.31 Å². The molecule has 0 aliphatic carbocycles. The highest BCUT2D eigenvalue weighted by atomic mass is 32.2. The highest BCUT2D eigenvalue weighted by Crippen LogP contribution is 2.28. The molecule has 1 aromatic carbocycles. The van der Waals surface area contributed by atoms with Crippen LogP contribution in [-0.2, 0) is 14.8 Å². The van der Waals surface area contributed by atoms with Crippen molar-refractivity contribution in [2.24, 2.45) is 0 Å². The van der Waals surface area contributed by atoms with Crippen LogP contribution in [0.15, 0.2) is 17.0 Å². The molecule has 20 heavy (non-hydrogen) atoms. The fourth-order valence-electron chi connectivity index (χ4n) is 2.33. The van der Waals surface area contributed by atoms with Crippen molar-refractivity contribution in [2.45, 2.75) is 25.2 Å². The third-order valence-corrected chi connectivity index (χ3v) is 5.31. The summed E-state index contributed by atoms with van der Waals surface area (Å²) in [6.45, 7) is 4.11. The second kappa shape index (κ2) is 5.47. The normalized spacial score (nSPS) is 17.1. The third kappa shape index (κ3) is 2.67. The molecule has 0 bridgehead atoms. The molecule has 1 heterocycles. The summed E-state index contributed by atoms with van der Waals surface area (Å²) in [4.78, 5) is 10.4. The molecule has 8 heteroatoms. The van der Waals surface area contributed by atoms with Crippen LogP contribution in [0.3, 0.4) is 0 Å². The Balaban J connectivity index is 2.49. The smallest absolute Gasteiger partial charge is 0.270 e. The van der Waals surface area contributed by atoms with Crippen LogP contribution in [0, 0.1) is 24.0 Å². The molecule has 1 aliphatic heterocycles. The summed E-state index contributed by atoms with van der Waals surface area (Å²) < 4.78 is 31.6. The van der Waals surface area contributed by atoms with Gasteiger partial charge in [0.2, 0.25) is 10.0 Å². The minimum absolute atomic E-state index is 0.0260. The summed E-state index contributed by atoms with van der Waals surface area (Å²) in [6, 6.07) is 2.56. The van der Waals surface area contributed by atoms with E-state index in [2.05, 4.69) is 0 Å². The second-order valence-corrected chi connectivity index (χ2v) is 6.61. The number of nitro groups is 1. The number of ether oxygens (including phenoxy) is 1. The van der Waals surface area contributed by atoms with Crippen molar-refractivity contribution >= 4 is 15.7 Å². The van der Waals surface area contributed by atoms with E-state index in [1.54, 1.807) is 13.8 Å². The molecule has 0 unspecified atom stereocenters. The van der Waals surface area contributed by atoms with Gasteiger partial charge in [-0.05, 0) is 31.4 Å². The minimum atomic E-state index is -3.68. The van der Waals surface area contributed by atoms with Gasteiger partial charge in [0.05, 0.1) is 9.82 Å². The van der Waals surface area contributed by atoms with Crippen LogP contribution in [0.25, 0.3) is 0 Å². The predicted molar refractivity (Wildman–Crippen MR) is 71.9 cm³/mol. The van der Waals surface area contributed by atoms with Crippen LogP contribution < -0.4 is 0 Å². The van der Waals surface area contributed by atoms with Crippen molar-refractivity contribution in [2.75, 3.05) is 19.9 Å². The van der Waals surface area contributed by atoms with E-state index >= 15 is 0 Å². The Morgan fingerprint density at radius 1 is 1.30 bits per heavy atom. The maximum atomic E-state index is 12.6. The van der Waals surface area contributed by atoms with Gasteiger partial charge in [0.25, 0.3) is 5.69 Å². The van der Waals surface area contributed by atoms with Crippen molar-refractivity contribution in [1.29, 1.82) is 0 Å². The third-order valence-electron chi connectivity index (χ3n) is 3.19. The Labute approximate surface area is 117 Å². The van der Waals surface area contributed by atoms with Crippen LogP contribution in [0.4, 0.5) is 5.69 Å². The molecule has 0 spiro atoms. The maximum absolute atomic E-state index is 12.6. The van der Waals surface area contributed by atoms with Crippen LogP contribution in [-0.4, -0.2) is 37.5 Å². The van der Waals surface area contributed by atoms with Gasteiger partial charge in [0.1, 0.15) is 6.73 Å². The van der Waals surface area contributed by atoms with E-state index in [0.717, 1.165) is 0 Å². The molecule has 0 saturated carbocycles. The molecular formula is C12H16N2O5S. The lowest BCUT2D eigenvalue weighted by molar-refractivity contribution is -0.385. The second-order valence-electron chi connectivity index (χ2n) is 4.74. The van der Waals surface area contributed by atoms with Crippen molar-refractivity contribution in [3.8, 4) is 0 Å². The number of hydrogen-bond acceptors (Lipinski definition) is 5. The lowest BCUT2D eigenvalue weighted by Crippen LogP contribution is -2.38. The van der Waals surface area contributed by atoms with Crippen LogP contribution in [0.1, 0.15) is 17.5 Å². The molecule has 0 radical (unpaired) electrons. The summed E-state index contributed by atoms with van der Waals surface area (Å²) in [7, 11) is -3.68. The van der Waals surface area contributed by atoms with E-state index in [1.165, 1.54) is 16.4 Å². The van der Waals surface area contributed by atoms with Gasteiger partial charge >= 0.3 is 0 Å². The number of nitrogens with zero attached hydrogens (tertiary/aromatic N) is 2. The molecule has 2 rings (SSSR count). The SMILES string of the molecule is Cc1cc([N+](=O)[O-])cc(C)c1S(=O)(=O)N1CCCOC1. The molecule has 0 N–H and O–H groups in total. The van der Waals surface area contributed by atoms with Gasteiger partial charge in [-0.15, -0.1) is 0 Å². The van der Waals surface area contributed by atoms with Crippen molar-refractivity contribution in [3.63, 3.8) is 0 Å². The number of nitro benzene ring substituents is 1. The Hall–Kier alpha value is -1.51. The molecule has 1 aromatic rings. The van der Waals surface area contributed by atoms with E-state index in [0.29, 0.717) is 30.7 Å². The highest BCUT2D eigenvalue weighted by Gasteiger charge is 2.30. The maximum Gasteiger partial charge on any atom is 0.270 e. The van der Waals surface area contributed by atoms with Gasteiger partial charge < -0.3 is 4.74 Å². The monoisotopic (exact) mass is 300 g/mol. The van der Waals surface area contributed by atoms with Gasteiger partial charge in [0.15, 0.2) is 0 Å². The van der Waals surface area contributed by atoms with E-state index in [-0.39, 0.29) is 17.3 Å². The van der Waals surface area contributed by atoms with Gasteiger partial charge in [-0.3, -0.25) is 10.1 Å². The highest BCUT2D eigenvalue weighted by molar-refractivity contribution is 7.89. The topological polar surface area (TPSA) is 89.8 Å². The minimum Gasteiger partial charge on any atom is -0.365 e. The average Bonchev–Trinajstić information content (AvgIpc) is 2.38. The van der Waals surface area contributed by atoms with E-state index in [1.807, 2.05) is 0 Å². The summed E-state index contributed by atoms with van der Waals surface area (Å²) in [6.07, 6.45) is 0.643. The van der Waals surface area contributed by atoms with Crippen molar-refractivity contribution < 1.29 is 18.1 Å². The summed E-state index contributed by atoms with van der Waals surface area (Å²) in [5.74, 6) is 0. The summed E-state index contributed by atoms with van der Waals surface area (Å²) in [5, 5.41) is 10.8. The molecule has 1 fully saturated rings. The number of benzene rings is 1. The lowest BCUT2D eigenvalue weighted by atomic mass is 10.1. The van der Waals surface area contributed by atoms with E-state index in [9.17, 15) is 18.5 Å². The zero-order valence-corrected chi connectivity index (χ0v) is 12.1. The molecule has 0 aromatic heterocycles. The first kappa shape index (κ1) is 14.9. The Morgan fingerprint density at radius 3 is 2.35 bits per heavy atom. The molecule has 0 atom stereocenters. The number of hydrogen-bond donors (Lipinski definition) is 0. The lowest BCUT2D eigenvalue weighted by Gasteiger charge is -2.27. The van der Waals surface area contributed by atoms with Crippen molar-refractivity contribution in [3.05, 3.63) is 33.4 Å². The Kier molecular flexibility index (Phi) is 4.07. The first-order valence-electron chi connectivity index (χ1n) is 6.17. The average molecular weight is 300 g/mol. The fraction of sp³-hybridized carbons (Fsp3) is 0.500. The van der Waals surface area contributed by atoms with Gasteiger partial charge in [0, 0.05) is 25.3 Å². The van der Waals surface area contributed by atoms with Gasteiger partial charge in [-0.1, -0.05) is 0 Å². The summed E-state index contributed by atoms with van der Waals surface area (Å²) >= 11 is 0.